The molecular weight excluding hydrogens is 670 g/mol. The average molecular weight is 718 g/mol. The van der Waals surface area contributed by atoms with Crippen LogP contribution in [0.1, 0.15) is 56.2 Å². The van der Waals surface area contributed by atoms with E-state index in [9.17, 15) is 19.5 Å². The van der Waals surface area contributed by atoms with E-state index in [0.29, 0.717) is 24.7 Å². The van der Waals surface area contributed by atoms with Crippen molar-refractivity contribution in [2.75, 3.05) is 60.3 Å². The predicted molar refractivity (Wildman–Crippen MR) is 183 cm³/mol. The Balaban J connectivity index is 1.31. The van der Waals surface area contributed by atoms with Crippen molar-refractivity contribution in [1.82, 2.24) is 25.7 Å². The van der Waals surface area contributed by atoms with Crippen molar-refractivity contribution in [1.29, 1.82) is 0 Å². The molecule has 15 nitrogen and oxygen atoms in total. The van der Waals surface area contributed by atoms with Crippen LogP contribution in [-0.4, -0.2) is 111 Å². The van der Waals surface area contributed by atoms with Gasteiger partial charge in [-0.05, 0) is 36.6 Å². The van der Waals surface area contributed by atoms with Gasteiger partial charge in [0.15, 0.2) is 5.76 Å². The Hall–Kier alpha value is -4.25. The zero-order valence-electron chi connectivity index (χ0n) is 29.3. The van der Waals surface area contributed by atoms with E-state index in [-0.39, 0.29) is 63.0 Å². The van der Waals surface area contributed by atoms with Crippen molar-refractivity contribution in [2.24, 2.45) is 5.92 Å². The zero-order valence-corrected chi connectivity index (χ0v) is 30.1. The van der Waals surface area contributed by atoms with Gasteiger partial charge in [-0.3, -0.25) is 9.59 Å². The van der Waals surface area contributed by atoms with Crippen molar-refractivity contribution in [3.05, 3.63) is 46.8 Å². The van der Waals surface area contributed by atoms with Crippen LogP contribution in [0.3, 0.4) is 0 Å². The minimum atomic E-state index is -0.880. The summed E-state index contributed by atoms with van der Waals surface area (Å²) in [5.74, 6) is -0.590. The topological polar surface area (TPSA) is 184 Å². The van der Waals surface area contributed by atoms with Crippen LogP contribution in [0.2, 0.25) is 0 Å². The molecule has 1 aliphatic rings. The summed E-state index contributed by atoms with van der Waals surface area (Å²) in [4.78, 5) is 45.4. The number of methoxy groups -OCH3 is 1. The first-order valence-corrected chi connectivity index (χ1v) is 17.4. The third-order valence-corrected chi connectivity index (χ3v) is 9.17. The number of benzene rings is 1. The van der Waals surface area contributed by atoms with Crippen LogP contribution in [0.15, 0.2) is 34.3 Å². The number of nitrogens with zero attached hydrogens (tertiary/aromatic N) is 3. The molecule has 2 aromatic heterocycles. The lowest BCUT2D eigenvalue weighted by atomic mass is 9.91. The van der Waals surface area contributed by atoms with Crippen LogP contribution >= 0.6 is 11.3 Å². The van der Waals surface area contributed by atoms with Gasteiger partial charge in [0.2, 0.25) is 11.8 Å². The van der Waals surface area contributed by atoms with Crippen LogP contribution in [-0.2, 0) is 23.8 Å². The summed E-state index contributed by atoms with van der Waals surface area (Å²) < 4.78 is 32.5. The van der Waals surface area contributed by atoms with Gasteiger partial charge >= 0.3 is 6.09 Å². The van der Waals surface area contributed by atoms with Crippen molar-refractivity contribution in [2.45, 2.75) is 58.2 Å². The summed E-state index contributed by atoms with van der Waals surface area (Å²) in [6.45, 7) is 9.04. The summed E-state index contributed by atoms with van der Waals surface area (Å²) in [6.07, 6.45) is -1.27. The Morgan fingerprint density at radius 3 is 2.46 bits per heavy atom. The number of nitrogens with one attached hydrogen (secondary N) is 2. The fourth-order valence-electron chi connectivity index (χ4n) is 5.68. The molecule has 1 aromatic carbocycles. The molecule has 274 valence electrons. The van der Waals surface area contributed by atoms with Crippen LogP contribution in [0.25, 0.3) is 10.4 Å². The molecule has 3 N–H and O–H groups in total. The molecule has 3 aromatic rings. The van der Waals surface area contributed by atoms with Gasteiger partial charge in [-0.1, -0.05) is 26.0 Å². The molecule has 3 heterocycles. The SMILES string of the molecule is CNC(=O)OCCOCCOCCOc1cc(C(C(=O)N2C[C@H](O)C[C@H]2C(=O)NC(C)c2ccc(-c3scnc3C)cc2OC)C(C)C)on1. The molecule has 4 atom stereocenters. The van der Waals surface area contributed by atoms with Crippen molar-refractivity contribution >= 4 is 29.2 Å². The van der Waals surface area contributed by atoms with E-state index in [4.69, 9.17) is 28.2 Å². The minimum absolute atomic E-state index is 0.0143. The van der Waals surface area contributed by atoms with Gasteiger partial charge < -0.3 is 48.8 Å². The molecule has 1 saturated heterocycles. The molecule has 0 aliphatic carbocycles. The average Bonchev–Trinajstić information content (AvgIpc) is 3.84. The van der Waals surface area contributed by atoms with E-state index >= 15 is 0 Å². The van der Waals surface area contributed by atoms with E-state index in [1.165, 1.54) is 11.9 Å². The monoisotopic (exact) mass is 717 g/mol. The number of rotatable bonds is 18. The van der Waals surface area contributed by atoms with Gasteiger partial charge in [-0.15, -0.1) is 11.3 Å². The number of β-amino-alcohol motifs (C(OH)–C–C–N with tert-alkyl or cyclic N) is 1. The Bertz CT molecular complexity index is 1560. The number of carbonyl (C=O) groups is 3. The molecule has 1 aliphatic heterocycles. The second kappa shape index (κ2) is 18.7. The fraction of sp³-hybridized carbons (Fsp3) is 0.559. The molecule has 0 saturated carbocycles. The van der Waals surface area contributed by atoms with Gasteiger partial charge in [-0.25, -0.2) is 9.78 Å². The van der Waals surface area contributed by atoms with Crippen molar-refractivity contribution in [3.63, 3.8) is 0 Å². The molecule has 0 radical (unpaired) electrons. The highest BCUT2D eigenvalue weighted by Crippen LogP contribution is 2.35. The normalized spacial score (nSPS) is 17.0. The first-order valence-electron chi connectivity index (χ1n) is 16.5. The first kappa shape index (κ1) is 38.6. The van der Waals surface area contributed by atoms with Crippen LogP contribution in [0.4, 0.5) is 4.79 Å². The molecule has 50 heavy (non-hydrogen) atoms. The van der Waals surface area contributed by atoms with E-state index in [1.807, 2.05) is 45.9 Å². The summed E-state index contributed by atoms with van der Waals surface area (Å²) in [6, 6.07) is 6.05. The van der Waals surface area contributed by atoms with Gasteiger partial charge in [0.25, 0.3) is 5.88 Å². The summed E-state index contributed by atoms with van der Waals surface area (Å²) in [5.41, 5.74) is 4.47. The third kappa shape index (κ3) is 10.2. The lowest BCUT2D eigenvalue weighted by Crippen LogP contribution is -2.48. The standard InChI is InChI=1S/C34H47N5O10S/c1-20(2)30(28-17-29(38-49-28)47-13-11-45-9-10-46-12-14-48-34(43)35-5)33(42)39-18-24(40)16-26(39)32(41)37-21(3)25-8-7-23(15-27(25)44-6)31-22(4)36-19-50-31/h7-8,15,17,19-21,24,26,30,40H,9-14,16,18H2,1-6H3,(H,35,43)(H,37,41)/t21?,24-,26+,30?/m1/s1. The number of ether oxygens (including phenoxy) is 5. The molecular formula is C34H47N5O10S. The molecule has 0 spiro atoms. The smallest absolute Gasteiger partial charge is 0.406 e. The van der Waals surface area contributed by atoms with Crippen molar-refractivity contribution in [3.8, 4) is 22.1 Å². The van der Waals surface area contributed by atoms with E-state index in [1.54, 1.807) is 30.0 Å². The number of carbonyl (C=O) groups excluding carboxylic acids is 3. The van der Waals surface area contributed by atoms with Gasteiger partial charge in [0.1, 0.15) is 30.9 Å². The Labute approximate surface area is 295 Å². The number of aryl methyl sites for hydroxylation is 1. The number of amides is 3. The van der Waals surface area contributed by atoms with Crippen LogP contribution in [0, 0.1) is 12.8 Å². The molecule has 4 rings (SSSR count). The number of aliphatic hydroxyl groups is 1. The Morgan fingerprint density at radius 2 is 1.80 bits per heavy atom. The Morgan fingerprint density at radius 1 is 1.08 bits per heavy atom. The lowest BCUT2D eigenvalue weighted by molar-refractivity contribution is -0.141. The highest BCUT2D eigenvalue weighted by Gasteiger charge is 2.43. The van der Waals surface area contributed by atoms with Gasteiger partial charge in [0.05, 0.1) is 61.8 Å². The van der Waals surface area contributed by atoms with E-state index < -0.39 is 30.2 Å². The maximum absolute atomic E-state index is 14.0. The maximum Gasteiger partial charge on any atom is 0.406 e. The van der Waals surface area contributed by atoms with E-state index in [0.717, 1.165) is 21.7 Å². The molecule has 1 fully saturated rings. The zero-order chi connectivity index (χ0) is 36.2. The third-order valence-electron chi connectivity index (χ3n) is 8.19. The van der Waals surface area contributed by atoms with Crippen LogP contribution < -0.4 is 20.1 Å². The summed E-state index contributed by atoms with van der Waals surface area (Å²) >= 11 is 1.54. The van der Waals surface area contributed by atoms with Gasteiger partial charge in [-0.2, -0.15) is 0 Å². The number of aromatic nitrogens is 2. The second-order valence-corrected chi connectivity index (χ2v) is 13.0. The molecule has 16 heteroatoms. The van der Waals surface area contributed by atoms with Gasteiger partial charge in [0, 0.05) is 31.6 Å². The number of alkyl carbamates (subject to hydrolysis) is 1. The van der Waals surface area contributed by atoms with Crippen LogP contribution in [0.5, 0.6) is 11.6 Å². The molecule has 0 bridgehead atoms. The largest absolute Gasteiger partial charge is 0.496 e. The first-order chi connectivity index (χ1) is 24.0. The fourth-order valence-corrected chi connectivity index (χ4v) is 6.48. The summed E-state index contributed by atoms with van der Waals surface area (Å²) in [5, 5.41) is 19.9. The summed E-state index contributed by atoms with van der Waals surface area (Å²) in [7, 11) is 3.06. The highest BCUT2D eigenvalue weighted by atomic mass is 32.1. The quantitative estimate of drug-likeness (QED) is 0.163. The van der Waals surface area contributed by atoms with E-state index in [2.05, 4.69) is 20.8 Å². The predicted octanol–water partition coefficient (Wildman–Crippen LogP) is 3.46. The maximum atomic E-state index is 14.0. The lowest BCUT2D eigenvalue weighted by Gasteiger charge is -2.29. The molecule has 2 unspecified atom stereocenters. The highest BCUT2D eigenvalue weighted by molar-refractivity contribution is 7.13. The number of thiazole rings is 1. The van der Waals surface area contributed by atoms with Crippen molar-refractivity contribution < 1.29 is 47.7 Å². The minimum Gasteiger partial charge on any atom is -0.496 e. The number of hydrogen-bond acceptors (Lipinski definition) is 13. The number of likely N-dealkylation sites (tertiary alicyclic amines) is 1. The Kier molecular flexibility index (Phi) is 14.4. The second-order valence-electron chi connectivity index (χ2n) is 12.1. The number of aliphatic hydroxyl groups excluding tert-OH is 1. The molecule has 3 amide bonds. The number of hydrogen-bond donors (Lipinski definition) is 3.